The maximum atomic E-state index is 12.4. The first kappa shape index (κ1) is 14.1. The van der Waals surface area contributed by atoms with Gasteiger partial charge < -0.3 is 5.32 Å². The van der Waals surface area contributed by atoms with Crippen LogP contribution in [0.15, 0.2) is 77.9 Å². The molecule has 0 aliphatic rings. The molecular formula is C18H17N3O. The molecule has 1 N–H and O–H groups in total. The molecule has 3 aromatic rings. The predicted molar refractivity (Wildman–Crippen MR) is 88.5 cm³/mol. The van der Waals surface area contributed by atoms with Crippen molar-refractivity contribution in [3.05, 3.63) is 89.0 Å². The Bertz CT molecular complexity index is 782. The zero-order chi connectivity index (χ0) is 15.2. The highest BCUT2D eigenvalue weighted by molar-refractivity contribution is 5.38. The quantitative estimate of drug-likeness (QED) is 0.786. The Kier molecular flexibility index (Phi) is 4.30. The maximum absolute atomic E-state index is 12.4. The molecule has 0 amide bonds. The smallest absolute Gasteiger partial charge is 0.297 e. The van der Waals surface area contributed by atoms with Gasteiger partial charge in [-0.15, -0.1) is 0 Å². The summed E-state index contributed by atoms with van der Waals surface area (Å²) in [6, 6.07) is 19.7. The molecule has 0 saturated carbocycles. The second kappa shape index (κ2) is 6.72. The molecule has 4 heteroatoms. The first-order valence-electron chi connectivity index (χ1n) is 7.25. The van der Waals surface area contributed by atoms with Gasteiger partial charge >= 0.3 is 0 Å². The van der Waals surface area contributed by atoms with Crippen molar-refractivity contribution in [2.45, 2.75) is 6.42 Å². The van der Waals surface area contributed by atoms with Crippen LogP contribution in [0.4, 0.5) is 5.82 Å². The van der Waals surface area contributed by atoms with Crippen LogP contribution in [0.2, 0.25) is 0 Å². The molecule has 0 spiro atoms. The normalized spacial score (nSPS) is 10.4. The second-order valence-corrected chi connectivity index (χ2v) is 4.95. The third-order valence-corrected chi connectivity index (χ3v) is 3.42. The zero-order valence-corrected chi connectivity index (χ0v) is 12.1. The molecular weight excluding hydrogens is 274 g/mol. The Morgan fingerprint density at radius 1 is 0.955 bits per heavy atom. The van der Waals surface area contributed by atoms with E-state index in [-0.39, 0.29) is 5.56 Å². The molecule has 0 atom stereocenters. The minimum Gasteiger partial charge on any atom is -0.365 e. The van der Waals surface area contributed by atoms with Gasteiger partial charge in [0.05, 0.1) is 0 Å². The zero-order valence-electron chi connectivity index (χ0n) is 12.1. The van der Waals surface area contributed by atoms with Crippen LogP contribution in [-0.2, 0) is 6.42 Å². The Morgan fingerprint density at radius 2 is 1.64 bits per heavy atom. The van der Waals surface area contributed by atoms with Crippen molar-refractivity contribution in [1.82, 2.24) is 9.55 Å². The Labute approximate surface area is 129 Å². The molecule has 1 heterocycles. The molecule has 0 unspecified atom stereocenters. The highest BCUT2D eigenvalue weighted by atomic mass is 16.1. The first-order chi connectivity index (χ1) is 10.8. The van der Waals surface area contributed by atoms with Crippen LogP contribution in [0, 0.1) is 0 Å². The molecule has 0 aliphatic heterocycles. The summed E-state index contributed by atoms with van der Waals surface area (Å²) in [6.45, 7) is 0.672. The van der Waals surface area contributed by atoms with E-state index in [0.717, 1.165) is 12.1 Å². The second-order valence-electron chi connectivity index (χ2n) is 4.95. The molecule has 110 valence electrons. The molecule has 0 fully saturated rings. The van der Waals surface area contributed by atoms with Gasteiger partial charge in [0.1, 0.15) is 0 Å². The minimum absolute atomic E-state index is 0.137. The molecule has 0 saturated heterocycles. The number of nitrogens with one attached hydrogen (secondary N) is 1. The molecule has 22 heavy (non-hydrogen) atoms. The number of hydrogen-bond acceptors (Lipinski definition) is 3. The van der Waals surface area contributed by atoms with E-state index < -0.39 is 0 Å². The summed E-state index contributed by atoms with van der Waals surface area (Å²) in [5, 5.41) is 3.13. The lowest BCUT2D eigenvalue weighted by atomic mass is 10.1. The number of aromatic nitrogens is 2. The van der Waals surface area contributed by atoms with Crippen molar-refractivity contribution in [1.29, 1.82) is 0 Å². The average molecular weight is 291 g/mol. The lowest BCUT2D eigenvalue weighted by Gasteiger charge is -2.09. The molecule has 1 aromatic heterocycles. The third-order valence-electron chi connectivity index (χ3n) is 3.42. The summed E-state index contributed by atoms with van der Waals surface area (Å²) < 4.78 is 1.60. The molecule has 0 radical (unpaired) electrons. The fraction of sp³-hybridized carbons (Fsp3) is 0.111. The van der Waals surface area contributed by atoms with Crippen molar-refractivity contribution >= 4 is 5.82 Å². The number of rotatable bonds is 5. The van der Waals surface area contributed by atoms with Crippen molar-refractivity contribution < 1.29 is 0 Å². The Balaban J connectivity index is 1.74. The van der Waals surface area contributed by atoms with Gasteiger partial charge in [-0.2, -0.15) is 0 Å². The van der Waals surface area contributed by atoms with Gasteiger partial charge in [-0.3, -0.25) is 9.36 Å². The van der Waals surface area contributed by atoms with Crippen LogP contribution < -0.4 is 10.9 Å². The predicted octanol–water partition coefficient (Wildman–Crippen LogP) is 2.89. The molecule has 4 nitrogen and oxygen atoms in total. The number of anilines is 1. The fourth-order valence-corrected chi connectivity index (χ4v) is 2.29. The third kappa shape index (κ3) is 3.23. The van der Waals surface area contributed by atoms with Crippen LogP contribution in [0.25, 0.3) is 5.69 Å². The minimum atomic E-state index is -0.137. The van der Waals surface area contributed by atoms with E-state index in [1.165, 1.54) is 5.56 Å². The molecule has 2 aromatic carbocycles. The lowest BCUT2D eigenvalue weighted by Crippen LogP contribution is -2.23. The van der Waals surface area contributed by atoms with E-state index in [1.54, 1.807) is 17.0 Å². The van der Waals surface area contributed by atoms with Crippen LogP contribution in [-0.4, -0.2) is 16.1 Å². The van der Waals surface area contributed by atoms with Crippen molar-refractivity contribution in [2.24, 2.45) is 0 Å². The highest BCUT2D eigenvalue weighted by Crippen LogP contribution is 2.05. The SMILES string of the molecule is O=c1c(NCCc2ccccc2)nccn1-c1ccccc1. The highest BCUT2D eigenvalue weighted by Gasteiger charge is 2.05. The topological polar surface area (TPSA) is 46.9 Å². The van der Waals surface area contributed by atoms with Gasteiger partial charge in [0.2, 0.25) is 0 Å². The van der Waals surface area contributed by atoms with E-state index in [0.29, 0.717) is 12.4 Å². The maximum Gasteiger partial charge on any atom is 0.297 e. The summed E-state index contributed by atoms with van der Waals surface area (Å²) in [5.41, 5.74) is 1.93. The van der Waals surface area contributed by atoms with Gasteiger partial charge in [0.25, 0.3) is 5.56 Å². The number of nitrogens with zero attached hydrogens (tertiary/aromatic N) is 2. The average Bonchev–Trinajstić information content (AvgIpc) is 2.58. The van der Waals surface area contributed by atoms with Crippen LogP contribution in [0.1, 0.15) is 5.56 Å². The number of benzene rings is 2. The van der Waals surface area contributed by atoms with Crippen LogP contribution in [0.3, 0.4) is 0 Å². The molecule has 0 aliphatic carbocycles. The number of hydrogen-bond donors (Lipinski definition) is 1. The van der Waals surface area contributed by atoms with Gasteiger partial charge in [-0.05, 0) is 24.1 Å². The van der Waals surface area contributed by atoms with Crippen molar-refractivity contribution in [2.75, 3.05) is 11.9 Å². The van der Waals surface area contributed by atoms with Crippen LogP contribution >= 0.6 is 0 Å². The van der Waals surface area contributed by atoms with Crippen LogP contribution in [0.5, 0.6) is 0 Å². The molecule has 0 bridgehead atoms. The largest absolute Gasteiger partial charge is 0.365 e. The van der Waals surface area contributed by atoms with E-state index >= 15 is 0 Å². The lowest BCUT2D eigenvalue weighted by molar-refractivity contribution is 0.932. The Morgan fingerprint density at radius 3 is 2.36 bits per heavy atom. The van der Waals surface area contributed by atoms with E-state index in [9.17, 15) is 4.79 Å². The Hall–Kier alpha value is -2.88. The van der Waals surface area contributed by atoms with E-state index in [4.69, 9.17) is 0 Å². The summed E-state index contributed by atoms with van der Waals surface area (Å²) in [5.74, 6) is 0.377. The van der Waals surface area contributed by atoms with E-state index in [2.05, 4.69) is 22.4 Å². The fourth-order valence-electron chi connectivity index (χ4n) is 2.29. The first-order valence-corrected chi connectivity index (χ1v) is 7.25. The standard InChI is InChI=1S/C18H17N3O/c22-18-17(19-12-11-15-7-3-1-4-8-15)20-13-14-21(18)16-9-5-2-6-10-16/h1-10,13-14H,11-12H2,(H,19,20). The van der Waals surface area contributed by atoms with Gasteiger partial charge in [-0.25, -0.2) is 4.98 Å². The molecule has 3 rings (SSSR count). The summed E-state index contributed by atoms with van der Waals surface area (Å²) in [4.78, 5) is 16.6. The van der Waals surface area contributed by atoms with E-state index in [1.807, 2.05) is 48.5 Å². The summed E-state index contributed by atoms with van der Waals surface area (Å²) >= 11 is 0. The monoisotopic (exact) mass is 291 g/mol. The van der Waals surface area contributed by atoms with Gasteiger partial charge in [0.15, 0.2) is 5.82 Å². The summed E-state index contributed by atoms with van der Waals surface area (Å²) in [7, 11) is 0. The number of para-hydroxylation sites is 1. The van der Waals surface area contributed by atoms with Crippen molar-refractivity contribution in [3.8, 4) is 5.69 Å². The van der Waals surface area contributed by atoms with Gasteiger partial charge in [-0.1, -0.05) is 48.5 Å². The summed E-state index contributed by atoms with van der Waals surface area (Å²) in [6.07, 6.45) is 4.17. The van der Waals surface area contributed by atoms with Crippen molar-refractivity contribution in [3.63, 3.8) is 0 Å². The van der Waals surface area contributed by atoms with Gasteiger partial charge in [0, 0.05) is 24.6 Å².